The van der Waals surface area contributed by atoms with E-state index in [9.17, 15) is 45.6 Å². The highest BCUT2D eigenvalue weighted by atomic mass is 16.7. The predicted octanol–water partition coefficient (Wildman–Crippen LogP) is 13.6. The van der Waals surface area contributed by atoms with Gasteiger partial charge in [0.2, 0.25) is 5.91 Å². The van der Waals surface area contributed by atoms with Crippen LogP contribution in [0.3, 0.4) is 0 Å². The summed E-state index contributed by atoms with van der Waals surface area (Å²) in [6, 6.07) is -0.856. The first kappa shape index (κ1) is 78.7. The van der Waals surface area contributed by atoms with E-state index in [2.05, 4.69) is 129 Å². The molecule has 2 heterocycles. The van der Waals surface area contributed by atoms with E-state index in [1.165, 1.54) is 109 Å². The lowest BCUT2D eigenvalue weighted by Crippen LogP contribution is -2.65. The molecule has 9 N–H and O–H groups in total. The molecule has 0 aliphatic carbocycles. The summed E-state index contributed by atoms with van der Waals surface area (Å²) in [7, 11) is 0. The van der Waals surface area contributed by atoms with E-state index in [0.29, 0.717) is 12.8 Å². The molecule has 2 aliphatic heterocycles. The number of rotatable bonds is 54. The number of nitrogens with one attached hydrogen (secondary N) is 1. The van der Waals surface area contributed by atoms with Gasteiger partial charge >= 0.3 is 0 Å². The first-order chi connectivity index (χ1) is 42.1. The molecular formula is C72H123NO13. The van der Waals surface area contributed by atoms with Gasteiger partial charge < -0.3 is 65.1 Å². The van der Waals surface area contributed by atoms with Crippen LogP contribution in [0.5, 0.6) is 0 Å². The Morgan fingerprint density at radius 1 is 0.430 bits per heavy atom. The lowest BCUT2D eigenvalue weighted by atomic mass is 9.97. The highest BCUT2D eigenvalue weighted by Gasteiger charge is 2.51. The fraction of sp³-hybridized carbons (Fsp3) is 0.736. The van der Waals surface area contributed by atoms with Crippen molar-refractivity contribution in [1.82, 2.24) is 5.32 Å². The molecule has 14 nitrogen and oxygen atoms in total. The molecule has 0 aromatic heterocycles. The fourth-order valence-corrected chi connectivity index (χ4v) is 10.6. The highest BCUT2D eigenvalue weighted by molar-refractivity contribution is 5.76. The van der Waals surface area contributed by atoms with Crippen molar-refractivity contribution in [2.45, 2.75) is 319 Å². The van der Waals surface area contributed by atoms with Crippen LogP contribution < -0.4 is 5.32 Å². The van der Waals surface area contributed by atoms with Crippen molar-refractivity contribution >= 4 is 5.91 Å². The largest absolute Gasteiger partial charge is 0.394 e. The molecule has 494 valence electrons. The Hall–Kier alpha value is -3.35. The number of allylic oxidation sites excluding steroid dienone is 18. The van der Waals surface area contributed by atoms with Gasteiger partial charge in [-0.3, -0.25) is 4.79 Å². The number of ether oxygens (including phenoxy) is 4. The average molecular weight is 1210 g/mol. The molecule has 0 spiro atoms. The van der Waals surface area contributed by atoms with Crippen LogP contribution in [0.4, 0.5) is 0 Å². The summed E-state index contributed by atoms with van der Waals surface area (Å²) in [5.41, 5.74) is 0. The van der Waals surface area contributed by atoms with Gasteiger partial charge in [0.05, 0.1) is 32.0 Å². The van der Waals surface area contributed by atoms with Gasteiger partial charge in [0.25, 0.3) is 0 Å². The zero-order valence-electron chi connectivity index (χ0n) is 53.5. The number of unbranched alkanes of at least 4 members (excludes halogenated alkanes) is 23. The van der Waals surface area contributed by atoms with Crippen LogP contribution in [0.2, 0.25) is 0 Å². The molecule has 86 heavy (non-hydrogen) atoms. The monoisotopic (exact) mass is 1210 g/mol. The summed E-state index contributed by atoms with van der Waals surface area (Å²) in [6.45, 7) is 2.74. The SMILES string of the molecule is CC/C=C\C/C=C\C/C=C\C/C=C\C/C=C\C/C=C\C/C=C\C/C=C\C/C=C\CCCCCC(=O)NC(COC1OC(CO)C(OC2OC(CO)C(O)C(O)C2O)C(O)C1O)C(O)CCCCCCCCCCCCCCCCCCCCCCC. The average Bonchev–Trinajstić information content (AvgIpc) is 2.54. The molecule has 1 amide bonds. The van der Waals surface area contributed by atoms with E-state index in [4.69, 9.17) is 18.9 Å². The van der Waals surface area contributed by atoms with Crippen LogP contribution in [0.15, 0.2) is 109 Å². The maximum absolute atomic E-state index is 13.3. The number of carbonyl (C=O) groups is 1. The molecule has 2 saturated heterocycles. The summed E-state index contributed by atoms with van der Waals surface area (Å²) in [4.78, 5) is 13.3. The summed E-state index contributed by atoms with van der Waals surface area (Å²) in [5.74, 6) is -0.241. The van der Waals surface area contributed by atoms with Crippen molar-refractivity contribution in [2.24, 2.45) is 0 Å². The second-order valence-electron chi connectivity index (χ2n) is 23.6. The van der Waals surface area contributed by atoms with Crippen LogP contribution in [-0.2, 0) is 23.7 Å². The summed E-state index contributed by atoms with van der Waals surface area (Å²) in [6.07, 6.45) is 62.3. The Bertz CT molecular complexity index is 1860. The number of carbonyl (C=O) groups excluding carboxylic acids is 1. The minimum atomic E-state index is -1.79. The van der Waals surface area contributed by atoms with Crippen molar-refractivity contribution in [2.75, 3.05) is 19.8 Å². The van der Waals surface area contributed by atoms with Gasteiger partial charge in [0.1, 0.15) is 48.8 Å². The maximum Gasteiger partial charge on any atom is 0.220 e. The third kappa shape index (κ3) is 39.6. The first-order valence-corrected chi connectivity index (χ1v) is 34.1. The van der Waals surface area contributed by atoms with Gasteiger partial charge in [-0.1, -0.05) is 264 Å². The Kier molecular flexibility index (Phi) is 51.0. The van der Waals surface area contributed by atoms with Crippen molar-refractivity contribution < 1.29 is 64.6 Å². The molecule has 12 unspecified atom stereocenters. The Labute approximate surface area is 521 Å². The zero-order valence-corrected chi connectivity index (χ0v) is 53.5. The van der Waals surface area contributed by atoms with E-state index >= 15 is 0 Å². The normalized spacial score (nSPS) is 24.1. The van der Waals surface area contributed by atoms with Gasteiger partial charge in [-0.05, 0) is 83.5 Å². The quantitative estimate of drug-likeness (QED) is 0.0204. The minimum absolute atomic E-state index is 0.241. The lowest BCUT2D eigenvalue weighted by Gasteiger charge is -2.46. The number of hydrogen-bond acceptors (Lipinski definition) is 13. The third-order valence-electron chi connectivity index (χ3n) is 16.0. The van der Waals surface area contributed by atoms with Crippen LogP contribution in [0.1, 0.15) is 245 Å². The lowest BCUT2D eigenvalue weighted by molar-refractivity contribution is -0.359. The van der Waals surface area contributed by atoms with Crippen molar-refractivity contribution in [3.8, 4) is 0 Å². The first-order valence-electron chi connectivity index (χ1n) is 34.1. The Morgan fingerprint density at radius 2 is 0.802 bits per heavy atom. The van der Waals surface area contributed by atoms with Gasteiger partial charge in [-0.2, -0.15) is 0 Å². The highest BCUT2D eigenvalue weighted by Crippen LogP contribution is 2.30. The summed E-state index contributed by atoms with van der Waals surface area (Å²) in [5, 5.41) is 87.5. The molecule has 0 saturated carbocycles. The van der Waals surface area contributed by atoms with Gasteiger partial charge in [-0.25, -0.2) is 0 Å². The topological polar surface area (TPSA) is 228 Å². The smallest absolute Gasteiger partial charge is 0.220 e. The molecule has 2 rings (SSSR count). The van der Waals surface area contributed by atoms with Gasteiger partial charge in [0, 0.05) is 6.42 Å². The summed E-state index contributed by atoms with van der Waals surface area (Å²) >= 11 is 0. The molecule has 0 radical (unpaired) electrons. The van der Waals surface area contributed by atoms with E-state index in [-0.39, 0.29) is 18.9 Å². The Morgan fingerprint density at radius 3 is 1.22 bits per heavy atom. The second-order valence-corrected chi connectivity index (χ2v) is 23.6. The van der Waals surface area contributed by atoms with Crippen molar-refractivity contribution in [3.63, 3.8) is 0 Å². The molecule has 12 atom stereocenters. The minimum Gasteiger partial charge on any atom is -0.394 e. The van der Waals surface area contributed by atoms with Crippen LogP contribution in [-0.4, -0.2) is 140 Å². The molecular weight excluding hydrogens is 1090 g/mol. The number of amides is 1. The number of aliphatic hydroxyl groups excluding tert-OH is 8. The van der Waals surface area contributed by atoms with E-state index in [1.807, 2.05) is 0 Å². The van der Waals surface area contributed by atoms with Gasteiger partial charge in [0.15, 0.2) is 12.6 Å². The number of hydrogen-bond donors (Lipinski definition) is 9. The van der Waals surface area contributed by atoms with Crippen LogP contribution in [0, 0.1) is 0 Å². The van der Waals surface area contributed by atoms with Gasteiger partial charge in [-0.15, -0.1) is 0 Å². The Balaban J connectivity index is 1.72. The molecule has 0 aromatic carbocycles. The fourth-order valence-electron chi connectivity index (χ4n) is 10.6. The molecule has 14 heteroatoms. The molecule has 2 fully saturated rings. The third-order valence-corrected chi connectivity index (χ3v) is 16.0. The molecule has 0 bridgehead atoms. The number of aliphatic hydroxyl groups is 8. The summed E-state index contributed by atoms with van der Waals surface area (Å²) < 4.78 is 22.9. The molecule has 2 aliphatic rings. The van der Waals surface area contributed by atoms with Crippen LogP contribution >= 0.6 is 0 Å². The van der Waals surface area contributed by atoms with E-state index in [1.54, 1.807) is 0 Å². The van der Waals surface area contributed by atoms with E-state index in [0.717, 1.165) is 103 Å². The van der Waals surface area contributed by atoms with Crippen LogP contribution in [0.25, 0.3) is 0 Å². The standard InChI is InChI=1S/C72H123NO13/c1-3-5-7-9-11-13-15-17-19-21-23-25-26-27-28-29-30-31-32-33-34-36-38-40-42-44-46-48-50-52-54-56-64(77)73-60(61(76)55-53-51-49-47-45-43-41-39-37-35-24-22-20-18-16-14-12-10-8-6-4-2)59-83-71-69(82)67(80)70(63(58-75)85-71)86-72-68(81)66(79)65(78)62(57-74)84-72/h5,7,11,13,17,19,23,25,27-28,30-31,33-34,38,40,44,46,60-63,65-72,74-76,78-82H,3-4,6,8-10,12,14-16,18,20-22,24,26,29,32,35-37,39,41-43,45,47-59H2,1-2H3,(H,73,77)/b7-5-,13-11-,19-17-,25-23-,28-27-,31-30-,34-33-,40-38-,46-44-. The maximum atomic E-state index is 13.3. The predicted molar refractivity (Wildman–Crippen MR) is 350 cm³/mol. The molecule has 0 aromatic rings. The van der Waals surface area contributed by atoms with E-state index < -0.39 is 86.8 Å². The van der Waals surface area contributed by atoms with Crippen molar-refractivity contribution in [3.05, 3.63) is 109 Å². The zero-order chi connectivity index (χ0) is 62.3. The van der Waals surface area contributed by atoms with Crippen molar-refractivity contribution in [1.29, 1.82) is 0 Å². The second kappa shape index (κ2) is 55.7.